The Morgan fingerprint density at radius 2 is 2.57 bits per heavy atom. The average molecular weight is 218 g/mol. The Labute approximate surface area is 60.0 Å². The van der Waals surface area contributed by atoms with E-state index in [4.69, 9.17) is 0 Å². The fourth-order valence-electron chi connectivity index (χ4n) is 0.383. The fraction of sp³-hybridized carbons (Fsp3) is 0.250. The van der Waals surface area contributed by atoms with Crippen LogP contribution in [0, 0.1) is 6.92 Å². The molecular weight excluding hydrogens is 213 g/mol. The molecule has 0 spiro atoms. The maximum absolute atomic E-state index is 4.09. The Morgan fingerprint density at radius 1 is 1.86 bits per heavy atom. The third-order valence-corrected chi connectivity index (χ3v) is 2.73. The maximum atomic E-state index is 4.09. The summed E-state index contributed by atoms with van der Waals surface area (Å²) in [6.45, 7) is 2.02. The molecular formula is C4H5NSSn. The van der Waals surface area contributed by atoms with E-state index >= 15 is 0 Å². The SMILES string of the molecule is Cc1c[c]([SnH])sn1. The van der Waals surface area contributed by atoms with Gasteiger partial charge in [-0.25, -0.2) is 0 Å². The van der Waals surface area contributed by atoms with Crippen molar-refractivity contribution in [1.82, 2.24) is 4.37 Å². The number of nitrogens with zero attached hydrogens (tertiary/aromatic N) is 1. The molecule has 0 saturated heterocycles. The number of hydrogen-bond acceptors (Lipinski definition) is 2. The van der Waals surface area contributed by atoms with Crippen molar-refractivity contribution in [1.29, 1.82) is 0 Å². The summed E-state index contributed by atoms with van der Waals surface area (Å²) in [6.07, 6.45) is 0. The minimum atomic E-state index is 1.16. The predicted molar refractivity (Wildman–Crippen MR) is 33.6 cm³/mol. The molecule has 1 nitrogen and oxygen atoms in total. The molecule has 0 amide bonds. The van der Waals surface area contributed by atoms with Gasteiger partial charge < -0.3 is 0 Å². The topological polar surface area (TPSA) is 12.9 Å². The second-order valence-electron chi connectivity index (χ2n) is 1.37. The Kier molecular flexibility index (Phi) is 1.69. The summed E-state index contributed by atoms with van der Waals surface area (Å²) in [5.41, 5.74) is 1.16. The van der Waals surface area contributed by atoms with E-state index in [1.807, 2.05) is 6.92 Å². The van der Waals surface area contributed by atoms with Crippen molar-refractivity contribution in [2.75, 3.05) is 0 Å². The third-order valence-electron chi connectivity index (χ3n) is 0.646. The van der Waals surface area contributed by atoms with Crippen molar-refractivity contribution in [3.63, 3.8) is 0 Å². The van der Waals surface area contributed by atoms with Crippen molar-refractivity contribution in [3.05, 3.63) is 11.8 Å². The van der Waals surface area contributed by atoms with Gasteiger partial charge in [0.05, 0.1) is 0 Å². The van der Waals surface area contributed by atoms with Gasteiger partial charge in [-0.05, 0) is 0 Å². The molecule has 0 fully saturated rings. The van der Waals surface area contributed by atoms with Gasteiger partial charge in [0.1, 0.15) is 0 Å². The molecule has 0 N–H and O–H groups in total. The van der Waals surface area contributed by atoms with Crippen LogP contribution in [0.25, 0.3) is 0 Å². The van der Waals surface area contributed by atoms with Gasteiger partial charge in [0, 0.05) is 0 Å². The van der Waals surface area contributed by atoms with Gasteiger partial charge >= 0.3 is 60.0 Å². The molecule has 7 heavy (non-hydrogen) atoms. The van der Waals surface area contributed by atoms with Crippen molar-refractivity contribution in [2.24, 2.45) is 0 Å². The van der Waals surface area contributed by atoms with Gasteiger partial charge in [-0.15, -0.1) is 0 Å². The van der Waals surface area contributed by atoms with Gasteiger partial charge in [-0.3, -0.25) is 0 Å². The predicted octanol–water partition coefficient (Wildman–Crippen LogP) is -0.0224. The van der Waals surface area contributed by atoms with Gasteiger partial charge in [-0.2, -0.15) is 0 Å². The molecule has 1 aromatic rings. The van der Waals surface area contributed by atoms with E-state index in [2.05, 4.69) is 10.4 Å². The Hall–Kier alpha value is 0.429. The molecule has 0 aliphatic heterocycles. The molecule has 2 radical (unpaired) electrons. The van der Waals surface area contributed by atoms with E-state index in [0.717, 1.165) is 5.69 Å². The van der Waals surface area contributed by atoms with Crippen molar-refractivity contribution < 1.29 is 0 Å². The average Bonchev–Trinajstić information content (AvgIpc) is 1.87. The zero-order valence-electron chi connectivity index (χ0n) is 4.01. The number of hydrogen-bond donors (Lipinski definition) is 0. The second kappa shape index (κ2) is 2.13. The van der Waals surface area contributed by atoms with E-state index in [-0.39, 0.29) is 0 Å². The van der Waals surface area contributed by atoms with Crippen molar-refractivity contribution in [3.8, 4) is 0 Å². The molecule has 36 valence electrons. The molecule has 0 saturated carbocycles. The second-order valence-corrected chi connectivity index (χ2v) is 5.18. The quantitative estimate of drug-likeness (QED) is 0.557. The normalized spacial score (nSPS) is 9.43. The van der Waals surface area contributed by atoms with E-state index in [0.29, 0.717) is 0 Å². The molecule has 3 heteroatoms. The number of rotatable bonds is 0. The van der Waals surface area contributed by atoms with Crippen LogP contribution in [-0.4, -0.2) is 26.9 Å². The first kappa shape index (κ1) is 5.56. The first-order chi connectivity index (χ1) is 3.29. The standard InChI is InChI=1S/C4H4NS.Sn.H/c1-4-2-3-6-5-4;;/h2H,1H3;;. The van der Waals surface area contributed by atoms with E-state index in [1.165, 1.54) is 25.4 Å². The molecule has 1 heterocycles. The Bertz CT molecular complexity index is 144. The number of aromatic nitrogens is 1. The van der Waals surface area contributed by atoms with Gasteiger partial charge in [-0.1, -0.05) is 0 Å². The third kappa shape index (κ3) is 1.42. The van der Waals surface area contributed by atoms with E-state index in [9.17, 15) is 0 Å². The zero-order chi connectivity index (χ0) is 5.28. The van der Waals surface area contributed by atoms with Crippen molar-refractivity contribution in [2.45, 2.75) is 6.92 Å². The van der Waals surface area contributed by atoms with Gasteiger partial charge in [0.2, 0.25) is 0 Å². The van der Waals surface area contributed by atoms with E-state index in [1.54, 1.807) is 11.5 Å². The first-order valence-corrected chi connectivity index (χ1v) is 4.40. The van der Waals surface area contributed by atoms with Crippen LogP contribution >= 0.6 is 11.5 Å². The zero-order valence-corrected chi connectivity index (χ0v) is 8.12. The fourth-order valence-corrected chi connectivity index (χ4v) is 2.05. The van der Waals surface area contributed by atoms with Crippen LogP contribution in [0.1, 0.15) is 5.69 Å². The van der Waals surface area contributed by atoms with Crippen LogP contribution in [0.3, 0.4) is 0 Å². The summed E-state index contributed by atoms with van der Waals surface area (Å²) in [6, 6.07) is 2.13. The molecule has 0 bridgehead atoms. The monoisotopic (exact) mass is 219 g/mol. The summed E-state index contributed by atoms with van der Waals surface area (Å²) in [7, 11) is 0. The van der Waals surface area contributed by atoms with Gasteiger partial charge in [0.25, 0.3) is 0 Å². The first-order valence-electron chi connectivity index (χ1n) is 1.98. The Morgan fingerprint density at radius 3 is 2.71 bits per heavy atom. The molecule has 0 atom stereocenters. The van der Waals surface area contributed by atoms with Crippen LogP contribution in [-0.2, 0) is 0 Å². The molecule has 1 rings (SSSR count). The Balaban J connectivity index is 3.04. The summed E-state index contributed by atoms with van der Waals surface area (Å²) in [5, 5.41) is 0. The molecule has 0 unspecified atom stereocenters. The summed E-state index contributed by atoms with van der Waals surface area (Å²) < 4.78 is 5.51. The van der Waals surface area contributed by atoms with Crippen LogP contribution in [0.15, 0.2) is 6.07 Å². The van der Waals surface area contributed by atoms with Crippen LogP contribution in [0.2, 0.25) is 0 Å². The van der Waals surface area contributed by atoms with E-state index < -0.39 is 0 Å². The summed E-state index contributed by atoms with van der Waals surface area (Å²) in [5.74, 6) is 0. The molecule has 1 aromatic heterocycles. The molecule has 0 aliphatic carbocycles. The summed E-state index contributed by atoms with van der Waals surface area (Å²) in [4.78, 5) is 0. The van der Waals surface area contributed by atoms with Crippen LogP contribution < -0.4 is 2.89 Å². The number of aryl methyl sites for hydroxylation is 1. The van der Waals surface area contributed by atoms with Crippen LogP contribution in [0.4, 0.5) is 0 Å². The molecule has 0 aromatic carbocycles. The minimum absolute atomic E-state index is 1.16. The van der Waals surface area contributed by atoms with Crippen LogP contribution in [0.5, 0.6) is 0 Å². The van der Waals surface area contributed by atoms with Gasteiger partial charge in [0.15, 0.2) is 0 Å². The summed E-state index contributed by atoms with van der Waals surface area (Å²) >= 11 is 2.82. The molecule has 0 aliphatic rings. The van der Waals surface area contributed by atoms with Crippen molar-refractivity contribution >= 4 is 37.0 Å².